The van der Waals surface area contributed by atoms with E-state index in [0.29, 0.717) is 43.6 Å². The van der Waals surface area contributed by atoms with Crippen molar-refractivity contribution in [1.82, 2.24) is 14.1 Å². The van der Waals surface area contributed by atoms with Gasteiger partial charge in [0, 0.05) is 24.7 Å². The van der Waals surface area contributed by atoms with Crippen molar-refractivity contribution in [3.8, 4) is 11.5 Å². The number of nitrogens with one attached hydrogen (secondary N) is 1. The summed E-state index contributed by atoms with van der Waals surface area (Å²) in [5, 5.41) is 16.4. The lowest BCUT2D eigenvalue weighted by atomic mass is 10.2. The molecule has 1 aromatic carbocycles. The second-order valence-corrected chi connectivity index (χ2v) is 8.77. The summed E-state index contributed by atoms with van der Waals surface area (Å²) in [7, 11) is -3.63. The lowest BCUT2D eigenvalue weighted by Crippen LogP contribution is -2.40. The van der Waals surface area contributed by atoms with Gasteiger partial charge in [0.2, 0.25) is 10.0 Å². The maximum absolute atomic E-state index is 12.7. The minimum atomic E-state index is -3.63. The first-order chi connectivity index (χ1) is 15.0. The first kappa shape index (κ1) is 21.2. The third-order valence-electron chi connectivity index (χ3n) is 4.83. The van der Waals surface area contributed by atoms with Gasteiger partial charge >= 0.3 is 0 Å². The van der Waals surface area contributed by atoms with Crippen LogP contribution in [-0.2, 0) is 21.3 Å². The summed E-state index contributed by atoms with van der Waals surface area (Å²) in [4.78, 5) is 12.8. The highest BCUT2D eigenvalue weighted by atomic mass is 32.2. The number of anilines is 1. The molecule has 0 spiro atoms. The van der Waals surface area contributed by atoms with Gasteiger partial charge in [0.1, 0.15) is 11.5 Å². The van der Waals surface area contributed by atoms with E-state index in [9.17, 15) is 18.3 Å². The summed E-state index contributed by atoms with van der Waals surface area (Å²) in [5.74, 6) is 0.487. The molecule has 0 bridgehead atoms. The number of nitrogens with zero attached hydrogens (tertiary/aromatic N) is 3. The molecule has 3 heterocycles. The number of carbonyl (C=O) groups excluding carboxylic acids is 1. The predicted molar refractivity (Wildman–Crippen MR) is 111 cm³/mol. The van der Waals surface area contributed by atoms with E-state index in [1.54, 1.807) is 18.2 Å². The average molecular weight is 446 g/mol. The summed E-state index contributed by atoms with van der Waals surface area (Å²) in [6.07, 6.45) is 1.52. The minimum absolute atomic E-state index is 0.122. The van der Waals surface area contributed by atoms with Crippen molar-refractivity contribution in [2.45, 2.75) is 11.4 Å². The predicted octanol–water partition coefficient (Wildman–Crippen LogP) is 1.41. The van der Waals surface area contributed by atoms with Crippen molar-refractivity contribution in [2.75, 3.05) is 38.2 Å². The van der Waals surface area contributed by atoms with Crippen LogP contribution in [0.4, 0.5) is 5.82 Å². The molecular weight excluding hydrogens is 424 g/mol. The van der Waals surface area contributed by atoms with Crippen LogP contribution in [0.15, 0.2) is 58.0 Å². The zero-order valence-corrected chi connectivity index (χ0v) is 17.4. The van der Waals surface area contributed by atoms with Crippen LogP contribution >= 0.6 is 0 Å². The Morgan fingerprint density at radius 3 is 2.55 bits per heavy atom. The van der Waals surface area contributed by atoms with Gasteiger partial charge in [0.25, 0.3) is 5.91 Å². The molecule has 4 rings (SSSR count). The first-order valence-corrected chi connectivity index (χ1v) is 11.1. The number of benzene rings is 1. The van der Waals surface area contributed by atoms with Crippen LogP contribution in [0.5, 0.6) is 0 Å². The molecule has 0 radical (unpaired) electrons. The van der Waals surface area contributed by atoms with Crippen LogP contribution in [0.1, 0.15) is 10.4 Å². The molecule has 11 heteroatoms. The molecule has 0 aliphatic carbocycles. The lowest BCUT2D eigenvalue weighted by Gasteiger charge is -2.26. The van der Waals surface area contributed by atoms with Crippen molar-refractivity contribution in [2.24, 2.45) is 0 Å². The number of hydrogen-bond acceptors (Lipinski definition) is 7. The van der Waals surface area contributed by atoms with Crippen molar-refractivity contribution >= 4 is 21.7 Å². The number of aromatic nitrogens is 2. The Hall–Kier alpha value is -2.99. The van der Waals surface area contributed by atoms with Crippen LogP contribution in [0.25, 0.3) is 11.5 Å². The number of furan rings is 1. The van der Waals surface area contributed by atoms with E-state index in [-0.39, 0.29) is 23.6 Å². The van der Waals surface area contributed by atoms with Gasteiger partial charge in [0.05, 0.1) is 37.5 Å². The number of aliphatic hydroxyl groups excluding tert-OH is 1. The molecule has 0 unspecified atom stereocenters. The van der Waals surface area contributed by atoms with Crippen LogP contribution in [0.2, 0.25) is 0 Å². The van der Waals surface area contributed by atoms with Gasteiger partial charge in [-0.1, -0.05) is 0 Å². The molecule has 0 atom stereocenters. The van der Waals surface area contributed by atoms with Crippen molar-refractivity contribution in [1.29, 1.82) is 0 Å². The molecule has 1 aliphatic rings. The van der Waals surface area contributed by atoms with Crippen molar-refractivity contribution in [3.63, 3.8) is 0 Å². The highest BCUT2D eigenvalue weighted by Gasteiger charge is 2.26. The number of hydrogen-bond donors (Lipinski definition) is 2. The lowest BCUT2D eigenvalue weighted by molar-refractivity contribution is 0.0730. The summed E-state index contributed by atoms with van der Waals surface area (Å²) < 4.78 is 38.8. The molecule has 1 saturated heterocycles. The summed E-state index contributed by atoms with van der Waals surface area (Å²) in [6, 6.07) is 10.9. The fourth-order valence-corrected chi connectivity index (χ4v) is 4.64. The molecule has 1 amide bonds. The van der Waals surface area contributed by atoms with Crippen molar-refractivity contribution < 1.29 is 27.5 Å². The summed E-state index contributed by atoms with van der Waals surface area (Å²) in [5.41, 5.74) is 0.804. The van der Waals surface area contributed by atoms with Gasteiger partial charge in [-0.15, -0.1) is 0 Å². The number of aliphatic hydroxyl groups is 1. The van der Waals surface area contributed by atoms with Crippen LogP contribution in [-0.4, -0.2) is 66.4 Å². The van der Waals surface area contributed by atoms with E-state index in [1.165, 1.54) is 39.5 Å². The highest BCUT2D eigenvalue weighted by Crippen LogP contribution is 2.23. The maximum atomic E-state index is 12.7. The van der Waals surface area contributed by atoms with Gasteiger partial charge in [-0.3, -0.25) is 4.79 Å². The van der Waals surface area contributed by atoms with E-state index < -0.39 is 15.9 Å². The van der Waals surface area contributed by atoms with Gasteiger partial charge in [-0.25, -0.2) is 13.1 Å². The Bertz CT molecular complexity index is 1130. The van der Waals surface area contributed by atoms with E-state index in [0.717, 1.165) is 0 Å². The normalized spacial score (nSPS) is 15.1. The average Bonchev–Trinajstić information content (AvgIpc) is 3.45. The fourth-order valence-electron chi connectivity index (χ4n) is 3.23. The standard InChI is InChI=1S/C20H22N4O6S/c25-10-7-24-19(14-17(22-24)18-2-1-11-30-18)21-20(26)15-3-5-16(6-4-15)31(27,28)23-8-12-29-13-9-23/h1-6,11,14,25H,7-10,12-13H2,(H,21,26). The van der Waals surface area contributed by atoms with Gasteiger partial charge < -0.3 is 19.6 Å². The Kier molecular flexibility index (Phi) is 6.18. The molecular formula is C20H22N4O6S. The largest absolute Gasteiger partial charge is 0.463 e. The zero-order chi connectivity index (χ0) is 21.8. The molecule has 2 N–H and O–H groups in total. The molecule has 31 heavy (non-hydrogen) atoms. The third-order valence-corrected chi connectivity index (χ3v) is 6.74. The smallest absolute Gasteiger partial charge is 0.256 e. The van der Waals surface area contributed by atoms with Crippen LogP contribution in [0, 0.1) is 0 Å². The molecule has 2 aromatic heterocycles. The van der Waals surface area contributed by atoms with Gasteiger partial charge in [0.15, 0.2) is 5.76 Å². The Morgan fingerprint density at radius 1 is 1.16 bits per heavy atom. The molecule has 10 nitrogen and oxygen atoms in total. The molecule has 164 valence electrons. The number of morpholine rings is 1. The third kappa shape index (κ3) is 4.54. The molecule has 0 saturated carbocycles. The highest BCUT2D eigenvalue weighted by molar-refractivity contribution is 7.89. The second-order valence-electron chi connectivity index (χ2n) is 6.83. The molecule has 3 aromatic rings. The zero-order valence-electron chi connectivity index (χ0n) is 16.6. The Labute approximate surface area is 179 Å². The Morgan fingerprint density at radius 2 is 1.90 bits per heavy atom. The van der Waals surface area contributed by atoms with E-state index >= 15 is 0 Å². The van der Waals surface area contributed by atoms with E-state index in [4.69, 9.17) is 9.15 Å². The second kappa shape index (κ2) is 9.02. The monoisotopic (exact) mass is 446 g/mol. The summed E-state index contributed by atoms with van der Waals surface area (Å²) in [6.45, 7) is 1.36. The van der Waals surface area contributed by atoms with E-state index in [1.807, 2.05) is 0 Å². The summed E-state index contributed by atoms with van der Waals surface area (Å²) >= 11 is 0. The maximum Gasteiger partial charge on any atom is 0.256 e. The topological polar surface area (TPSA) is 127 Å². The van der Waals surface area contributed by atoms with Gasteiger partial charge in [-0.2, -0.15) is 9.40 Å². The number of carbonyl (C=O) groups is 1. The van der Waals surface area contributed by atoms with Crippen molar-refractivity contribution in [3.05, 3.63) is 54.3 Å². The van der Waals surface area contributed by atoms with Gasteiger partial charge in [-0.05, 0) is 36.4 Å². The number of rotatable bonds is 7. The Balaban J connectivity index is 1.51. The minimum Gasteiger partial charge on any atom is -0.463 e. The quantitative estimate of drug-likeness (QED) is 0.562. The fraction of sp³-hybridized carbons (Fsp3) is 0.300. The number of amides is 1. The molecule has 1 aliphatic heterocycles. The first-order valence-electron chi connectivity index (χ1n) is 9.71. The number of sulfonamides is 1. The molecule has 1 fully saturated rings. The van der Waals surface area contributed by atoms with Crippen LogP contribution < -0.4 is 5.32 Å². The number of ether oxygens (including phenoxy) is 1. The SMILES string of the molecule is O=C(Nc1cc(-c2ccco2)nn1CCO)c1ccc(S(=O)(=O)N2CCOCC2)cc1. The van der Waals surface area contributed by atoms with E-state index in [2.05, 4.69) is 10.4 Å². The van der Waals surface area contributed by atoms with Crippen LogP contribution in [0.3, 0.4) is 0 Å².